The first-order valence-corrected chi connectivity index (χ1v) is 19.5. The number of aliphatic hydroxyl groups is 4. The number of hydrogen-bond acceptors (Lipinski definition) is 19. The molecule has 2 unspecified atom stereocenters. The maximum absolute atomic E-state index is 13.8. The number of aliphatic hydroxyl groups excluding tert-OH is 4. The van der Waals surface area contributed by atoms with Gasteiger partial charge in [-0.05, 0) is 17.9 Å². The summed E-state index contributed by atoms with van der Waals surface area (Å²) in [7, 11) is -11.3. The summed E-state index contributed by atoms with van der Waals surface area (Å²) in [5.74, 6) is -1.17. The van der Waals surface area contributed by atoms with Crippen molar-refractivity contribution in [2.45, 2.75) is 49.0 Å². The lowest BCUT2D eigenvalue weighted by molar-refractivity contribution is -0.0555. The number of aromatic nitrogens is 5. The lowest BCUT2D eigenvalue weighted by Crippen LogP contribution is -2.35. The van der Waals surface area contributed by atoms with Crippen molar-refractivity contribution < 1.29 is 76.8 Å². The van der Waals surface area contributed by atoms with Crippen molar-refractivity contribution in [2.75, 3.05) is 18.9 Å². The van der Waals surface area contributed by atoms with Gasteiger partial charge in [0.1, 0.15) is 60.0 Å². The van der Waals surface area contributed by atoms with Crippen LogP contribution in [0.25, 0.3) is 11.2 Å². The molecule has 23 nitrogen and oxygen atoms in total. The fourth-order valence-corrected chi connectivity index (χ4v) is 8.54. The van der Waals surface area contributed by atoms with Gasteiger partial charge in [0, 0.05) is 24.2 Å². The number of imidazole rings is 1. The highest BCUT2D eigenvalue weighted by Gasteiger charge is 2.52. The molecule has 3 aromatic heterocycles. The number of nitrogens with zero attached hydrogens (tertiary/aromatic N) is 6. The van der Waals surface area contributed by atoms with E-state index in [1.807, 2.05) is 0 Å². The largest absolute Gasteiger partial charge is 0.484 e. The Morgan fingerprint density at radius 3 is 2.39 bits per heavy atom. The lowest BCUT2D eigenvalue weighted by atomic mass is 10.0. The van der Waals surface area contributed by atoms with Crippen LogP contribution in [0.3, 0.4) is 0 Å². The predicted octanol–water partition coefficient (Wildman–Crippen LogP) is -2.67. The molecule has 5 heterocycles. The van der Waals surface area contributed by atoms with Crippen molar-refractivity contribution in [2.24, 2.45) is 4.36 Å². The molecule has 0 radical (unpaired) electrons. The van der Waals surface area contributed by atoms with Crippen LogP contribution in [0.4, 0.5) is 5.82 Å². The molecule has 3 aromatic rings. The van der Waals surface area contributed by atoms with Crippen LogP contribution < -0.4 is 11.2 Å². The molecule has 2 saturated heterocycles. The molecule has 9 atom stereocenters. The summed E-state index contributed by atoms with van der Waals surface area (Å²) >= 11 is 9.03. The van der Waals surface area contributed by atoms with Crippen molar-refractivity contribution >= 4 is 74.7 Å². The van der Waals surface area contributed by atoms with Gasteiger partial charge in [-0.2, -0.15) is 4.31 Å². The van der Waals surface area contributed by atoms with Crippen LogP contribution in [-0.4, -0.2) is 120 Å². The van der Waals surface area contributed by atoms with Crippen LogP contribution in [0, 0.1) is 0 Å². The number of amides is 1. The number of phosphoric ester groups is 1. The van der Waals surface area contributed by atoms with E-state index in [1.165, 1.54) is 10.9 Å². The highest BCUT2D eigenvalue weighted by molar-refractivity contribution is 8.12. The van der Waals surface area contributed by atoms with E-state index in [2.05, 4.69) is 52.8 Å². The first kappa shape index (κ1) is 38.0. The second-order valence-electron chi connectivity index (χ2n) is 10.4. The molecule has 5 rings (SSSR count). The maximum atomic E-state index is 13.8. The van der Waals surface area contributed by atoms with E-state index < -0.39 is 101 Å². The molecule has 0 bridgehead atoms. The number of ether oxygens (including phenoxy) is 2. The summed E-state index contributed by atoms with van der Waals surface area (Å²) in [5, 5.41) is 42.0. The molecule has 10 N–H and O–H groups in total. The quantitative estimate of drug-likeness (QED) is 0.0844. The highest BCUT2D eigenvalue weighted by Crippen LogP contribution is 2.63. The molecule has 0 aromatic carbocycles. The first-order valence-electron chi connectivity index (χ1n) is 13.4. The van der Waals surface area contributed by atoms with Gasteiger partial charge in [-0.25, -0.2) is 29.1 Å². The van der Waals surface area contributed by atoms with Gasteiger partial charge in [-0.15, -0.1) is 4.36 Å². The zero-order valence-electron chi connectivity index (χ0n) is 24.1. The fourth-order valence-electron chi connectivity index (χ4n) is 5.01. The monoisotopic (exact) mass is 789 g/mol. The minimum Gasteiger partial charge on any atom is -0.394 e. The average Bonchev–Trinajstić information content (AvgIpc) is 3.68. The molecule has 0 saturated carbocycles. The van der Waals surface area contributed by atoms with Crippen LogP contribution in [0.5, 0.6) is 0 Å². The molecule has 268 valence electrons. The van der Waals surface area contributed by atoms with E-state index in [4.69, 9.17) is 24.3 Å². The molecule has 0 spiro atoms. The number of nitrogen functional groups attached to an aromatic ring is 1. The Bertz CT molecular complexity index is 1900. The predicted molar refractivity (Wildman–Crippen MR) is 165 cm³/mol. The van der Waals surface area contributed by atoms with Crippen LogP contribution >= 0.6 is 22.1 Å². The zero-order valence-corrected chi connectivity index (χ0v) is 28.4. The summed E-state index contributed by atoms with van der Waals surface area (Å²) in [6.07, 6.45) is -10.3. The summed E-state index contributed by atoms with van der Waals surface area (Å²) in [5.41, 5.74) is 4.58. The Hall–Kier alpha value is -2.22. The Morgan fingerprint density at radius 2 is 1.76 bits per heavy atom. The van der Waals surface area contributed by atoms with Crippen LogP contribution in [0.2, 0.25) is 0 Å². The zero-order chi connectivity index (χ0) is 36.1. The Balaban J connectivity index is 1.42. The van der Waals surface area contributed by atoms with Gasteiger partial charge in [-0.3, -0.25) is 18.4 Å². The van der Waals surface area contributed by atoms with Gasteiger partial charge in [0.2, 0.25) is 6.49 Å². The van der Waals surface area contributed by atoms with Crippen molar-refractivity contribution in [3.05, 3.63) is 36.0 Å². The highest BCUT2D eigenvalue weighted by atomic mass is 32.5. The smallest absolute Gasteiger partial charge is 0.394 e. The van der Waals surface area contributed by atoms with Crippen LogP contribution in [-0.2, 0) is 56.2 Å². The minimum atomic E-state index is -5.72. The molecule has 49 heavy (non-hydrogen) atoms. The number of rotatable bonds is 12. The maximum Gasteiger partial charge on any atom is 0.484 e. The summed E-state index contributed by atoms with van der Waals surface area (Å²) in [6, 6.07) is 0.930. The van der Waals surface area contributed by atoms with Crippen LogP contribution in [0.1, 0.15) is 28.3 Å². The van der Waals surface area contributed by atoms with Crippen molar-refractivity contribution in [1.82, 2.24) is 24.5 Å². The number of anilines is 1. The number of phosphoric acid groups is 2. The van der Waals surface area contributed by atoms with E-state index in [0.717, 1.165) is 18.6 Å². The van der Waals surface area contributed by atoms with E-state index in [-0.39, 0.29) is 22.5 Å². The van der Waals surface area contributed by atoms with Gasteiger partial charge >= 0.3 is 15.6 Å². The summed E-state index contributed by atoms with van der Waals surface area (Å²) in [4.78, 5) is 67.0. The number of pyridine rings is 1. The van der Waals surface area contributed by atoms with Crippen molar-refractivity contribution in [3.8, 4) is 0 Å². The van der Waals surface area contributed by atoms with Crippen molar-refractivity contribution in [1.29, 1.82) is 0 Å². The van der Waals surface area contributed by atoms with Gasteiger partial charge in [0.05, 0.1) is 25.1 Å². The topological polar surface area (TPSA) is 354 Å². The summed E-state index contributed by atoms with van der Waals surface area (Å²) < 4.78 is 55.9. The molecule has 2 fully saturated rings. The number of hydrogen-bond donors (Lipinski definition) is 9. The second-order valence-corrected chi connectivity index (χ2v) is 16.6. The van der Waals surface area contributed by atoms with Gasteiger partial charge in [0.25, 0.3) is 5.91 Å². The normalized spacial score (nSPS) is 28.9. The van der Waals surface area contributed by atoms with Crippen molar-refractivity contribution in [3.63, 3.8) is 0 Å². The van der Waals surface area contributed by atoms with Gasteiger partial charge < -0.3 is 55.2 Å². The number of carbonyl (C=O) groups excluding carboxylic acids is 1. The third-order valence-corrected chi connectivity index (χ3v) is 11.4. The summed E-state index contributed by atoms with van der Waals surface area (Å²) in [6.45, 7) is -6.24. The standard InChI is InChI=1S/C21H26N7O16P3S2/c22-17-11-18(25-5-24-17)28(6-26-11)21-14(32)12(30)10(42-21)4-40-47(39,44-46(36,37)38)43-16-13(31)9(3-29)41-15(16)7-1-8(19(33)27-48)20(23-2-7)45(34,35)49/h1-2,5-6,9-10,12-16,21,29-32H,3-4H2,(H2,22,24,25)(H2,34,35,49)(H2,36,37,38)/t9-,10-,12-,13-,14-,15?,16-,21-,47?/m1/s1. The average molecular weight is 790 g/mol. The van der Waals surface area contributed by atoms with E-state index in [0.29, 0.717) is 0 Å². The third kappa shape index (κ3) is 7.99. The molecule has 2 aliphatic heterocycles. The SMILES string of the molecule is Nc1ncnc2c1ncn2[C@@H]1O[C@H](COP(=O)(O[C@H]2C(c3cnc(P(O)(O)=S)c(C(=O)N=S)c3)O[C@H](CO)[C@H]2O)OP(=O)(O)O)[C@@H](O)[C@H]1O. The van der Waals surface area contributed by atoms with Crippen LogP contribution in [0.15, 0.2) is 29.3 Å². The van der Waals surface area contributed by atoms with Gasteiger partial charge in [0.15, 0.2) is 17.7 Å². The second kappa shape index (κ2) is 14.4. The fraction of sp³-hybridized carbons (Fsp3) is 0.476. The minimum absolute atomic E-state index is 0.00542. The molecule has 1 amide bonds. The Labute approximate surface area is 283 Å². The number of nitrogens with two attached hydrogens (primary N) is 1. The molecule has 28 heteroatoms. The van der Waals surface area contributed by atoms with E-state index in [1.54, 1.807) is 0 Å². The van der Waals surface area contributed by atoms with E-state index in [9.17, 15) is 53.9 Å². The Kier molecular flexibility index (Phi) is 11.2. The number of fused-ring (bicyclic) bond motifs is 1. The third-order valence-electron chi connectivity index (χ3n) is 7.18. The molecular weight excluding hydrogens is 763 g/mol. The number of carbonyl (C=O) groups is 1. The Morgan fingerprint density at radius 1 is 1.04 bits per heavy atom. The molecule has 2 aliphatic rings. The first-order chi connectivity index (χ1) is 22.9. The lowest BCUT2D eigenvalue weighted by Gasteiger charge is -2.27. The molecular formula is C21H26N7O16P3S2. The van der Waals surface area contributed by atoms with E-state index >= 15 is 0 Å². The van der Waals surface area contributed by atoms with Gasteiger partial charge in [-0.1, -0.05) is 0 Å². The molecule has 0 aliphatic carbocycles.